The van der Waals surface area contributed by atoms with E-state index in [1.165, 1.54) is 37.8 Å². The number of anilines is 1. The Balaban J connectivity index is 1.89. The van der Waals surface area contributed by atoms with Crippen LogP contribution in [0.15, 0.2) is 18.3 Å². The Bertz CT molecular complexity index is 457. The molecule has 1 saturated carbocycles. The van der Waals surface area contributed by atoms with Crippen LogP contribution in [0.3, 0.4) is 0 Å². The number of fused-ring (bicyclic) bond motifs is 1. The van der Waals surface area contributed by atoms with Crippen LogP contribution < -0.4 is 10.6 Å². The Hall–Kier alpha value is -1.58. The third kappa shape index (κ3) is 1.96. The van der Waals surface area contributed by atoms with Gasteiger partial charge in [0.05, 0.1) is 0 Å². The zero-order valence-electron chi connectivity index (χ0n) is 10.6. The quantitative estimate of drug-likeness (QED) is 0.618. The summed E-state index contributed by atoms with van der Waals surface area (Å²) in [5, 5.41) is 7.49. The number of piperidine rings is 1. The lowest BCUT2D eigenvalue weighted by atomic mass is 9.91. The molecule has 18 heavy (non-hydrogen) atoms. The van der Waals surface area contributed by atoms with Crippen LogP contribution in [0.25, 0.3) is 0 Å². The van der Waals surface area contributed by atoms with Gasteiger partial charge in [-0.15, -0.1) is 0 Å². The van der Waals surface area contributed by atoms with Gasteiger partial charge in [0, 0.05) is 24.5 Å². The number of nitrogen functional groups attached to an aromatic ring is 1. The summed E-state index contributed by atoms with van der Waals surface area (Å²) in [5.74, 6) is 0.921. The van der Waals surface area contributed by atoms with E-state index in [0.29, 0.717) is 11.7 Å². The van der Waals surface area contributed by atoms with Crippen LogP contribution >= 0.6 is 0 Å². The second-order valence-electron chi connectivity index (χ2n) is 5.41. The normalized spacial score (nSPS) is 27.0. The maximum absolute atomic E-state index is 7.49. The average Bonchev–Trinajstić information content (AvgIpc) is 2.87. The molecule has 1 aromatic heterocycles. The summed E-state index contributed by atoms with van der Waals surface area (Å²) in [6.45, 7) is 1.13. The minimum atomic E-state index is 0.0526. The molecule has 0 bridgehead atoms. The third-order valence-corrected chi connectivity index (χ3v) is 4.34. The highest BCUT2D eigenvalue weighted by Gasteiger charge is 2.35. The Morgan fingerprint density at radius 1 is 1.33 bits per heavy atom. The van der Waals surface area contributed by atoms with Crippen molar-refractivity contribution in [3.63, 3.8) is 0 Å². The van der Waals surface area contributed by atoms with Crippen LogP contribution in [-0.2, 0) is 0 Å². The standard InChI is InChI=1S/C14H20N4/c15-14(16)12-9-11(6-7-17-12)18-8-2-4-10-3-1-5-13(10)18/h6-7,9-10,13H,1-5,8H2,(H3,15,16). The highest BCUT2D eigenvalue weighted by Crippen LogP contribution is 2.38. The summed E-state index contributed by atoms with van der Waals surface area (Å²) in [4.78, 5) is 6.65. The van der Waals surface area contributed by atoms with Crippen LogP contribution in [0, 0.1) is 11.3 Å². The maximum atomic E-state index is 7.49. The number of nitrogens with two attached hydrogens (primary N) is 1. The van der Waals surface area contributed by atoms with E-state index in [1.807, 2.05) is 12.1 Å². The number of nitrogens with one attached hydrogen (secondary N) is 1. The predicted molar refractivity (Wildman–Crippen MR) is 73.0 cm³/mol. The lowest BCUT2D eigenvalue weighted by Gasteiger charge is -2.39. The van der Waals surface area contributed by atoms with Crippen molar-refractivity contribution in [2.75, 3.05) is 11.4 Å². The maximum Gasteiger partial charge on any atom is 0.141 e. The van der Waals surface area contributed by atoms with Gasteiger partial charge in [0.2, 0.25) is 0 Å². The number of rotatable bonds is 2. The van der Waals surface area contributed by atoms with Crippen molar-refractivity contribution in [3.05, 3.63) is 24.0 Å². The summed E-state index contributed by atoms with van der Waals surface area (Å²) in [7, 11) is 0. The minimum absolute atomic E-state index is 0.0526. The molecule has 1 aliphatic carbocycles. The second-order valence-corrected chi connectivity index (χ2v) is 5.41. The Labute approximate surface area is 108 Å². The van der Waals surface area contributed by atoms with Gasteiger partial charge in [-0.3, -0.25) is 10.4 Å². The van der Waals surface area contributed by atoms with Gasteiger partial charge in [0.1, 0.15) is 11.5 Å². The van der Waals surface area contributed by atoms with E-state index in [9.17, 15) is 0 Å². The van der Waals surface area contributed by atoms with Crippen molar-refractivity contribution in [2.45, 2.75) is 38.1 Å². The van der Waals surface area contributed by atoms with Gasteiger partial charge in [0.25, 0.3) is 0 Å². The first kappa shape index (κ1) is 11.5. The molecule has 2 unspecified atom stereocenters. The van der Waals surface area contributed by atoms with Gasteiger partial charge in [0.15, 0.2) is 0 Å². The molecular formula is C14H20N4. The summed E-state index contributed by atoms with van der Waals surface area (Å²) < 4.78 is 0. The zero-order valence-corrected chi connectivity index (χ0v) is 10.6. The minimum Gasteiger partial charge on any atom is -0.382 e. The van der Waals surface area contributed by atoms with Crippen LogP contribution in [0.4, 0.5) is 5.69 Å². The van der Waals surface area contributed by atoms with Crippen LogP contribution in [0.1, 0.15) is 37.8 Å². The van der Waals surface area contributed by atoms with Crippen molar-refractivity contribution >= 4 is 11.5 Å². The summed E-state index contributed by atoms with van der Waals surface area (Å²) in [5.41, 5.74) is 7.30. The summed E-state index contributed by atoms with van der Waals surface area (Å²) in [6, 6.07) is 4.71. The smallest absolute Gasteiger partial charge is 0.141 e. The van der Waals surface area contributed by atoms with Crippen molar-refractivity contribution in [1.82, 2.24) is 4.98 Å². The fraction of sp³-hybridized carbons (Fsp3) is 0.571. The number of hydrogen-bond donors (Lipinski definition) is 2. The van der Waals surface area contributed by atoms with Gasteiger partial charge < -0.3 is 10.6 Å². The van der Waals surface area contributed by atoms with Crippen molar-refractivity contribution in [2.24, 2.45) is 11.7 Å². The molecule has 4 heteroatoms. The van der Waals surface area contributed by atoms with E-state index in [0.717, 1.165) is 12.5 Å². The molecule has 0 spiro atoms. The molecule has 0 aromatic carbocycles. The Morgan fingerprint density at radius 3 is 3.00 bits per heavy atom. The van der Waals surface area contributed by atoms with Crippen LogP contribution in [-0.4, -0.2) is 23.4 Å². The molecule has 2 fully saturated rings. The molecule has 3 rings (SSSR count). The Morgan fingerprint density at radius 2 is 2.17 bits per heavy atom. The first-order valence-corrected chi connectivity index (χ1v) is 6.83. The number of aromatic nitrogens is 1. The lowest BCUT2D eigenvalue weighted by Crippen LogP contribution is -2.42. The van der Waals surface area contributed by atoms with Crippen molar-refractivity contribution < 1.29 is 0 Å². The van der Waals surface area contributed by atoms with Crippen molar-refractivity contribution in [1.29, 1.82) is 5.41 Å². The van der Waals surface area contributed by atoms with E-state index in [-0.39, 0.29) is 5.84 Å². The first-order valence-electron chi connectivity index (χ1n) is 6.83. The molecule has 2 atom stereocenters. The number of pyridine rings is 1. The molecule has 1 aliphatic heterocycles. The molecule has 0 radical (unpaired) electrons. The predicted octanol–water partition coefficient (Wildman–Crippen LogP) is 2.13. The molecule has 1 aromatic rings. The zero-order chi connectivity index (χ0) is 12.5. The molecule has 96 valence electrons. The molecule has 2 heterocycles. The largest absolute Gasteiger partial charge is 0.382 e. The fourth-order valence-corrected chi connectivity index (χ4v) is 3.52. The monoisotopic (exact) mass is 244 g/mol. The number of amidine groups is 1. The lowest BCUT2D eigenvalue weighted by molar-refractivity contribution is 0.362. The average molecular weight is 244 g/mol. The highest BCUT2D eigenvalue weighted by molar-refractivity contribution is 5.93. The second kappa shape index (κ2) is 4.59. The van der Waals surface area contributed by atoms with E-state index in [1.54, 1.807) is 6.20 Å². The van der Waals surface area contributed by atoms with Gasteiger partial charge in [-0.1, -0.05) is 6.42 Å². The Kier molecular flexibility index (Phi) is 2.94. The van der Waals surface area contributed by atoms with Crippen molar-refractivity contribution in [3.8, 4) is 0 Å². The molecule has 2 aliphatic rings. The van der Waals surface area contributed by atoms with Gasteiger partial charge in [-0.05, 0) is 43.7 Å². The first-order chi connectivity index (χ1) is 8.75. The van der Waals surface area contributed by atoms with Crippen LogP contribution in [0.2, 0.25) is 0 Å². The molecule has 4 nitrogen and oxygen atoms in total. The van der Waals surface area contributed by atoms with Crippen LogP contribution in [0.5, 0.6) is 0 Å². The molecular weight excluding hydrogens is 224 g/mol. The fourth-order valence-electron chi connectivity index (χ4n) is 3.52. The highest BCUT2D eigenvalue weighted by atomic mass is 15.2. The SMILES string of the molecule is N=C(N)c1cc(N2CCCC3CCCC32)ccn1. The van der Waals surface area contributed by atoms with E-state index < -0.39 is 0 Å². The van der Waals surface area contributed by atoms with Gasteiger partial charge in [-0.25, -0.2) is 0 Å². The number of nitrogens with zero attached hydrogens (tertiary/aromatic N) is 2. The summed E-state index contributed by atoms with van der Waals surface area (Å²) in [6.07, 6.45) is 8.47. The topological polar surface area (TPSA) is 66.0 Å². The van der Waals surface area contributed by atoms with Gasteiger partial charge >= 0.3 is 0 Å². The third-order valence-electron chi connectivity index (χ3n) is 4.34. The van der Waals surface area contributed by atoms with Gasteiger partial charge in [-0.2, -0.15) is 0 Å². The van der Waals surface area contributed by atoms with E-state index in [4.69, 9.17) is 11.1 Å². The molecule has 3 N–H and O–H groups in total. The molecule has 1 saturated heterocycles. The van der Waals surface area contributed by atoms with E-state index in [2.05, 4.69) is 9.88 Å². The summed E-state index contributed by atoms with van der Waals surface area (Å²) >= 11 is 0. The van der Waals surface area contributed by atoms with E-state index >= 15 is 0 Å². The number of hydrogen-bond acceptors (Lipinski definition) is 3. The molecule has 0 amide bonds.